The quantitative estimate of drug-likeness (QED) is 0.748. The van der Waals surface area contributed by atoms with Gasteiger partial charge >= 0.3 is 0 Å². The average molecular weight is 346 g/mol. The highest BCUT2D eigenvalue weighted by molar-refractivity contribution is 7.12. The van der Waals surface area contributed by atoms with Crippen molar-refractivity contribution in [2.75, 3.05) is 26.7 Å². The summed E-state index contributed by atoms with van der Waals surface area (Å²) < 4.78 is 5.60. The van der Waals surface area contributed by atoms with E-state index in [0.717, 1.165) is 5.75 Å². The Kier molecular flexibility index (Phi) is 6.81. The smallest absolute Gasteiger partial charge is 0.264 e. The van der Waals surface area contributed by atoms with Crippen molar-refractivity contribution in [1.82, 2.24) is 10.2 Å². The maximum absolute atomic E-state index is 12.0. The molecule has 0 radical (unpaired) electrons. The van der Waals surface area contributed by atoms with Crippen LogP contribution in [0.3, 0.4) is 0 Å². The van der Waals surface area contributed by atoms with E-state index in [4.69, 9.17) is 4.74 Å². The van der Waals surface area contributed by atoms with Gasteiger partial charge in [0.2, 0.25) is 5.91 Å². The zero-order chi connectivity index (χ0) is 17.4. The minimum atomic E-state index is -0.169. The molecule has 0 unspecified atom stereocenters. The van der Waals surface area contributed by atoms with Crippen molar-refractivity contribution >= 4 is 23.2 Å². The van der Waals surface area contributed by atoms with Gasteiger partial charge < -0.3 is 15.0 Å². The van der Waals surface area contributed by atoms with Gasteiger partial charge in [0.1, 0.15) is 5.75 Å². The Labute approximate surface area is 146 Å². The first-order valence-corrected chi connectivity index (χ1v) is 8.69. The molecular weight excluding hydrogens is 324 g/mol. The Morgan fingerprint density at radius 3 is 2.62 bits per heavy atom. The van der Waals surface area contributed by atoms with Crippen LogP contribution >= 0.6 is 11.3 Å². The first-order chi connectivity index (χ1) is 11.6. The van der Waals surface area contributed by atoms with Crippen LogP contribution in [0, 0.1) is 6.92 Å². The zero-order valence-electron chi connectivity index (χ0n) is 14.0. The fraction of sp³-hybridized carbons (Fsp3) is 0.333. The number of hydrogen-bond acceptors (Lipinski definition) is 4. The van der Waals surface area contributed by atoms with Gasteiger partial charge in [-0.3, -0.25) is 9.59 Å². The molecule has 0 atom stereocenters. The van der Waals surface area contributed by atoms with E-state index in [1.165, 1.54) is 21.8 Å². The molecule has 2 amide bonds. The molecule has 0 spiro atoms. The molecule has 128 valence electrons. The number of carbonyl (C=O) groups is 2. The number of ether oxygens (including phenoxy) is 1. The second kappa shape index (κ2) is 9.08. The summed E-state index contributed by atoms with van der Waals surface area (Å²) in [5.74, 6) is 0.522. The third-order valence-electron chi connectivity index (χ3n) is 3.39. The lowest BCUT2D eigenvalue weighted by atomic mass is 10.2. The van der Waals surface area contributed by atoms with Gasteiger partial charge in [0.05, 0.1) is 18.0 Å². The van der Waals surface area contributed by atoms with Crippen LogP contribution in [0.25, 0.3) is 0 Å². The third kappa shape index (κ3) is 5.70. The molecule has 0 saturated heterocycles. The normalized spacial score (nSPS) is 10.2. The van der Waals surface area contributed by atoms with E-state index < -0.39 is 0 Å². The summed E-state index contributed by atoms with van der Waals surface area (Å²) in [7, 11) is 1.63. The number of aryl methyl sites for hydroxylation is 1. The number of nitrogens with one attached hydrogen (secondary N) is 1. The standard InChI is InChI=1S/C18H22N2O3S/c1-14-6-8-15(9-7-14)23-11-4-10-19-17(21)13-20(2)18(22)16-5-3-12-24-16/h3,5-9,12H,4,10-11,13H2,1-2H3,(H,19,21). The molecular formula is C18H22N2O3S. The lowest BCUT2D eigenvalue weighted by Crippen LogP contribution is -2.38. The largest absolute Gasteiger partial charge is 0.494 e. The number of rotatable bonds is 8. The second-order valence-corrected chi connectivity index (χ2v) is 6.45. The predicted octanol–water partition coefficient (Wildman–Crippen LogP) is 2.71. The van der Waals surface area contributed by atoms with E-state index in [-0.39, 0.29) is 18.4 Å². The van der Waals surface area contributed by atoms with Crippen LogP contribution in [0.1, 0.15) is 21.7 Å². The number of hydrogen-bond donors (Lipinski definition) is 1. The summed E-state index contributed by atoms with van der Waals surface area (Å²) in [5, 5.41) is 4.64. The van der Waals surface area contributed by atoms with Crippen molar-refractivity contribution in [1.29, 1.82) is 0 Å². The van der Waals surface area contributed by atoms with E-state index in [1.807, 2.05) is 42.6 Å². The Morgan fingerprint density at radius 2 is 1.96 bits per heavy atom. The molecule has 0 fully saturated rings. The second-order valence-electron chi connectivity index (χ2n) is 5.50. The lowest BCUT2D eigenvalue weighted by Gasteiger charge is -2.16. The molecule has 0 aliphatic heterocycles. The van der Waals surface area contributed by atoms with Crippen LogP contribution in [0.15, 0.2) is 41.8 Å². The summed E-state index contributed by atoms with van der Waals surface area (Å²) in [6, 6.07) is 11.4. The maximum Gasteiger partial charge on any atom is 0.264 e. The summed E-state index contributed by atoms with van der Waals surface area (Å²) >= 11 is 1.37. The Balaban J connectivity index is 1.61. The van der Waals surface area contributed by atoms with Gasteiger partial charge in [-0.15, -0.1) is 11.3 Å². The molecule has 1 aromatic heterocycles. The van der Waals surface area contributed by atoms with Crippen LogP contribution < -0.4 is 10.1 Å². The van der Waals surface area contributed by atoms with E-state index >= 15 is 0 Å². The predicted molar refractivity (Wildman–Crippen MR) is 95.6 cm³/mol. The highest BCUT2D eigenvalue weighted by atomic mass is 32.1. The number of amides is 2. The van der Waals surface area contributed by atoms with Gasteiger partial charge in [-0.2, -0.15) is 0 Å². The summed E-state index contributed by atoms with van der Waals surface area (Å²) in [5.41, 5.74) is 1.19. The van der Waals surface area contributed by atoms with Crippen molar-refractivity contribution in [3.05, 3.63) is 52.2 Å². The minimum Gasteiger partial charge on any atom is -0.494 e. The lowest BCUT2D eigenvalue weighted by molar-refractivity contribution is -0.121. The Morgan fingerprint density at radius 1 is 1.21 bits per heavy atom. The zero-order valence-corrected chi connectivity index (χ0v) is 14.8. The van der Waals surface area contributed by atoms with Crippen LogP contribution in [0.4, 0.5) is 0 Å². The minimum absolute atomic E-state index is 0.0511. The fourth-order valence-corrected chi connectivity index (χ4v) is 2.77. The molecule has 6 heteroatoms. The van der Waals surface area contributed by atoms with Crippen LogP contribution in [-0.4, -0.2) is 43.5 Å². The number of nitrogens with zero attached hydrogens (tertiary/aromatic N) is 1. The number of thiophene rings is 1. The van der Waals surface area contributed by atoms with Gasteiger partial charge in [-0.1, -0.05) is 23.8 Å². The molecule has 1 N–H and O–H groups in total. The summed E-state index contributed by atoms with van der Waals surface area (Å²) in [6.07, 6.45) is 0.711. The fourth-order valence-electron chi connectivity index (χ4n) is 2.06. The number of likely N-dealkylation sites (N-methyl/N-ethyl adjacent to an activating group) is 1. The third-order valence-corrected chi connectivity index (χ3v) is 4.25. The van der Waals surface area contributed by atoms with Gasteiger partial charge in [0.15, 0.2) is 0 Å². The molecule has 24 heavy (non-hydrogen) atoms. The van der Waals surface area contributed by atoms with Crippen molar-refractivity contribution < 1.29 is 14.3 Å². The molecule has 0 aliphatic carbocycles. The van der Waals surface area contributed by atoms with E-state index in [9.17, 15) is 9.59 Å². The van der Waals surface area contributed by atoms with Crippen molar-refractivity contribution in [3.63, 3.8) is 0 Å². The van der Waals surface area contributed by atoms with E-state index in [2.05, 4.69) is 5.32 Å². The molecule has 0 bridgehead atoms. The van der Waals surface area contributed by atoms with E-state index in [0.29, 0.717) is 24.4 Å². The molecule has 0 aliphatic rings. The van der Waals surface area contributed by atoms with E-state index in [1.54, 1.807) is 13.1 Å². The molecule has 0 saturated carbocycles. The number of benzene rings is 1. The molecule has 1 heterocycles. The van der Waals surface area contributed by atoms with Crippen LogP contribution in [0.2, 0.25) is 0 Å². The average Bonchev–Trinajstić information content (AvgIpc) is 3.10. The molecule has 5 nitrogen and oxygen atoms in total. The van der Waals surface area contributed by atoms with Crippen molar-refractivity contribution in [2.45, 2.75) is 13.3 Å². The topological polar surface area (TPSA) is 58.6 Å². The molecule has 1 aromatic carbocycles. The van der Waals surface area contributed by atoms with Gasteiger partial charge in [0.25, 0.3) is 5.91 Å². The summed E-state index contributed by atoms with van der Waals surface area (Å²) in [6.45, 7) is 3.13. The maximum atomic E-state index is 12.0. The Hall–Kier alpha value is -2.34. The van der Waals surface area contributed by atoms with Crippen molar-refractivity contribution in [2.24, 2.45) is 0 Å². The highest BCUT2D eigenvalue weighted by Crippen LogP contribution is 2.12. The Bertz CT molecular complexity index is 653. The first-order valence-electron chi connectivity index (χ1n) is 7.81. The van der Waals surface area contributed by atoms with Gasteiger partial charge in [0, 0.05) is 13.6 Å². The van der Waals surface area contributed by atoms with Crippen molar-refractivity contribution in [3.8, 4) is 5.75 Å². The number of carbonyl (C=O) groups excluding carboxylic acids is 2. The molecule has 2 rings (SSSR count). The van der Waals surface area contributed by atoms with Gasteiger partial charge in [-0.05, 0) is 36.9 Å². The first kappa shape index (κ1) is 18.0. The van der Waals surface area contributed by atoms with Crippen LogP contribution in [-0.2, 0) is 4.79 Å². The molecule has 2 aromatic rings. The monoisotopic (exact) mass is 346 g/mol. The van der Waals surface area contributed by atoms with Gasteiger partial charge in [-0.25, -0.2) is 0 Å². The van der Waals surface area contributed by atoms with Crippen LogP contribution in [0.5, 0.6) is 5.75 Å². The highest BCUT2D eigenvalue weighted by Gasteiger charge is 2.15. The SMILES string of the molecule is Cc1ccc(OCCCNC(=O)CN(C)C(=O)c2cccs2)cc1. The summed E-state index contributed by atoms with van der Waals surface area (Å²) in [4.78, 5) is 25.9.